The normalized spacial score (nSPS) is 21.6. The average Bonchev–Trinajstić information content (AvgIpc) is 3.00. The summed E-state index contributed by atoms with van der Waals surface area (Å²) in [5, 5.41) is 13.8. The number of aromatic nitrogens is 1. The van der Waals surface area contributed by atoms with Crippen LogP contribution in [0.3, 0.4) is 0 Å². The summed E-state index contributed by atoms with van der Waals surface area (Å²) in [4.78, 5) is 4.23. The number of aliphatic hydroxyl groups is 1. The standard InChI is InChI=1S/C20H22N2O3S2/c1-13-20(26-14(2)21-13)27(24,25)22-10-9-18(19(23)12-22)17-8-7-15-5-3-4-6-16(15)11-17/h3-8,11,18-19,23H,9-10,12H2,1-2H3/t18-,19+/m1/s1. The van der Waals surface area contributed by atoms with Crippen LogP contribution in [0.4, 0.5) is 0 Å². The summed E-state index contributed by atoms with van der Waals surface area (Å²) in [5.74, 6) is -0.0645. The molecule has 1 fully saturated rings. The topological polar surface area (TPSA) is 70.5 Å². The van der Waals surface area contributed by atoms with Gasteiger partial charge in [-0.2, -0.15) is 4.31 Å². The number of piperidine rings is 1. The van der Waals surface area contributed by atoms with Gasteiger partial charge in [0.25, 0.3) is 10.0 Å². The van der Waals surface area contributed by atoms with E-state index in [1.54, 1.807) is 13.8 Å². The largest absolute Gasteiger partial charge is 0.391 e. The number of hydrogen-bond acceptors (Lipinski definition) is 5. The molecule has 1 aliphatic rings. The van der Waals surface area contributed by atoms with Gasteiger partial charge in [-0.15, -0.1) is 11.3 Å². The molecule has 1 saturated heterocycles. The highest BCUT2D eigenvalue weighted by atomic mass is 32.2. The maximum Gasteiger partial charge on any atom is 0.254 e. The van der Waals surface area contributed by atoms with Crippen LogP contribution in [-0.2, 0) is 10.0 Å². The quantitative estimate of drug-likeness (QED) is 0.728. The van der Waals surface area contributed by atoms with Crippen LogP contribution in [0.25, 0.3) is 10.8 Å². The van der Waals surface area contributed by atoms with Gasteiger partial charge in [-0.1, -0.05) is 42.5 Å². The van der Waals surface area contributed by atoms with Crippen LogP contribution in [0.1, 0.15) is 28.6 Å². The summed E-state index contributed by atoms with van der Waals surface area (Å²) in [6, 6.07) is 14.3. The highest BCUT2D eigenvalue weighted by molar-refractivity contribution is 7.91. The SMILES string of the molecule is Cc1nc(C)c(S(=O)(=O)N2CC[C@H](c3ccc4ccccc4c3)[C@@H](O)C2)s1. The molecule has 0 spiro atoms. The van der Waals surface area contributed by atoms with Crippen molar-refractivity contribution < 1.29 is 13.5 Å². The first-order chi connectivity index (χ1) is 12.9. The van der Waals surface area contributed by atoms with Gasteiger partial charge in [0.1, 0.15) is 0 Å². The molecule has 27 heavy (non-hydrogen) atoms. The first-order valence-corrected chi connectivity index (χ1v) is 11.2. The molecule has 0 aliphatic carbocycles. The molecule has 0 amide bonds. The second-order valence-corrected chi connectivity index (χ2v) is 10.4. The van der Waals surface area contributed by atoms with Crippen LogP contribution < -0.4 is 0 Å². The van der Waals surface area contributed by atoms with Gasteiger partial charge in [0.2, 0.25) is 0 Å². The first kappa shape index (κ1) is 18.6. The third-order valence-electron chi connectivity index (χ3n) is 5.18. The van der Waals surface area contributed by atoms with E-state index in [-0.39, 0.29) is 16.7 Å². The van der Waals surface area contributed by atoms with E-state index in [9.17, 15) is 13.5 Å². The Kier molecular flexibility index (Phi) is 4.80. The Morgan fingerprint density at radius 3 is 2.56 bits per heavy atom. The monoisotopic (exact) mass is 402 g/mol. The summed E-state index contributed by atoms with van der Waals surface area (Å²) in [6.45, 7) is 4.02. The molecule has 2 atom stereocenters. The van der Waals surface area contributed by atoms with E-state index in [0.29, 0.717) is 18.7 Å². The minimum absolute atomic E-state index is 0.0645. The fraction of sp³-hybridized carbons (Fsp3) is 0.350. The van der Waals surface area contributed by atoms with E-state index in [1.807, 2.05) is 18.2 Å². The molecular formula is C20H22N2O3S2. The number of thiazole rings is 1. The third kappa shape index (κ3) is 3.40. The van der Waals surface area contributed by atoms with E-state index < -0.39 is 16.1 Å². The molecule has 3 aromatic rings. The first-order valence-electron chi connectivity index (χ1n) is 8.97. The minimum atomic E-state index is -3.62. The maximum absolute atomic E-state index is 13.0. The van der Waals surface area contributed by atoms with Crippen LogP contribution in [-0.4, -0.2) is 42.0 Å². The summed E-state index contributed by atoms with van der Waals surface area (Å²) in [7, 11) is -3.62. The van der Waals surface area contributed by atoms with Gasteiger partial charge in [-0.3, -0.25) is 0 Å². The number of aliphatic hydroxyl groups excluding tert-OH is 1. The van der Waals surface area contributed by atoms with Crippen molar-refractivity contribution in [1.82, 2.24) is 9.29 Å². The lowest BCUT2D eigenvalue weighted by Crippen LogP contribution is -2.45. The Morgan fingerprint density at radius 2 is 1.89 bits per heavy atom. The highest BCUT2D eigenvalue weighted by Crippen LogP contribution is 2.34. The molecule has 1 aliphatic heterocycles. The lowest BCUT2D eigenvalue weighted by atomic mass is 9.87. The van der Waals surface area contributed by atoms with Crippen molar-refractivity contribution >= 4 is 32.1 Å². The van der Waals surface area contributed by atoms with Crippen molar-refractivity contribution in [2.45, 2.75) is 36.5 Å². The predicted octanol–water partition coefficient (Wildman–Crippen LogP) is 3.45. The summed E-state index contributed by atoms with van der Waals surface area (Å²) in [6.07, 6.45) is -0.140. The Hall–Kier alpha value is -1.80. The van der Waals surface area contributed by atoms with Gasteiger partial charge in [0.05, 0.1) is 16.8 Å². The van der Waals surface area contributed by atoms with Crippen LogP contribution in [0, 0.1) is 13.8 Å². The smallest absolute Gasteiger partial charge is 0.254 e. The number of aryl methyl sites for hydroxylation is 2. The zero-order chi connectivity index (χ0) is 19.2. The number of sulfonamides is 1. The number of hydrogen-bond donors (Lipinski definition) is 1. The van der Waals surface area contributed by atoms with E-state index >= 15 is 0 Å². The maximum atomic E-state index is 13.0. The summed E-state index contributed by atoms with van der Waals surface area (Å²) < 4.78 is 27.6. The molecule has 1 aromatic heterocycles. The molecule has 0 bridgehead atoms. The van der Waals surface area contributed by atoms with Gasteiger partial charge >= 0.3 is 0 Å². The van der Waals surface area contributed by atoms with Crippen LogP contribution >= 0.6 is 11.3 Å². The second-order valence-electron chi connectivity index (χ2n) is 7.04. The molecule has 4 rings (SSSR count). The molecule has 0 radical (unpaired) electrons. The molecule has 2 heterocycles. The van der Waals surface area contributed by atoms with Crippen molar-refractivity contribution in [1.29, 1.82) is 0 Å². The number of rotatable bonds is 3. The Morgan fingerprint density at radius 1 is 1.15 bits per heavy atom. The molecule has 1 N–H and O–H groups in total. The van der Waals surface area contributed by atoms with Crippen molar-refractivity contribution in [2.24, 2.45) is 0 Å². The van der Waals surface area contributed by atoms with E-state index in [4.69, 9.17) is 0 Å². The van der Waals surface area contributed by atoms with Crippen LogP contribution in [0.15, 0.2) is 46.7 Å². The number of fused-ring (bicyclic) bond motifs is 1. The molecule has 5 nitrogen and oxygen atoms in total. The van der Waals surface area contributed by atoms with Crippen molar-refractivity contribution in [3.05, 3.63) is 58.7 Å². The molecule has 2 aromatic carbocycles. The fourth-order valence-corrected chi connectivity index (χ4v) is 6.91. The molecule has 0 unspecified atom stereocenters. The number of benzene rings is 2. The Labute approximate surface area is 163 Å². The Balaban J connectivity index is 1.57. The lowest BCUT2D eigenvalue weighted by Gasteiger charge is -2.35. The summed E-state index contributed by atoms with van der Waals surface area (Å²) >= 11 is 1.19. The van der Waals surface area contributed by atoms with E-state index in [2.05, 4.69) is 29.2 Å². The number of nitrogens with zero attached hydrogens (tertiary/aromatic N) is 2. The molecule has 0 saturated carbocycles. The minimum Gasteiger partial charge on any atom is -0.391 e. The fourth-order valence-electron chi connectivity index (χ4n) is 3.82. The molecule has 7 heteroatoms. The van der Waals surface area contributed by atoms with Gasteiger partial charge in [0.15, 0.2) is 4.21 Å². The van der Waals surface area contributed by atoms with Gasteiger partial charge in [-0.25, -0.2) is 13.4 Å². The van der Waals surface area contributed by atoms with Crippen LogP contribution in [0.2, 0.25) is 0 Å². The lowest BCUT2D eigenvalue weighted by molar-refractivity contribution is 0.0855. The molecular weight excluding hydrogens is 380 g/mol. The van der Waals surface area contributed by atoms with Gasteiger partial charge in [0, 0.05) is 19.0 Å². The second kappa shape index (κ2) is 6.98. The van der Waals surface area contributed by atoms with Gasteiger partial charge in [-0.05, 0) is 36.6 Å². The zero-order valence-electron chi connectivity index (χ0n) is 15.3. The zero-order valence-corrected chi connectivity index (χ0v) is 16.9. The Bertz CT molecular complexity index is 1090. The van der Waals surface area contributed by atoms with Crippen LogP contribution in [0.5, 0.6) is 0 Å². The van der Waals surface area contributed by atoms with Crippen molar-refractivity contribution in [3.63, 3.8) is 0 Å². The predicted molar refractivity (Wildman–Crippen MR) is 108 cm³/mol. The number of β-amino-alcohol motifs (C(OH)–C–C–N with tert-alkyl or cyclic N) is 1. The summed E-state index contributed by atoms with van der Waals surface area (Å²) in [5.41, 5.74) is 1.59. The van der Waals surface area contributed by atoms with Crippen molar-refractivity contribution in [2.75, 3.05) is 13.1 Å². The third-order valence-corrected chi connectivity index (χ3v) is 8.71. The van der Waals surface area contributed by atoms with Gasteiger partial charge < -0.3 is 5.11 Å². The molecule has 142 valence electrons. The van der Waals surface area contributed by atoms with E-state index in [1.165, 1.54) is 15.6 Å². The van der Waals surface area contributed by atoms with E-state index in [0.717, 1.165) is 21.3 Å². The average molecular weight is 403 g/mol. The van der Waals surface area contributed by atoms with Crippen molar-refractivity contribution in [3.8, 4) is 0 Å². The highest BCUT2D eigenvalue weighted by Gasteiger charge is 2.37.